The third-order valence-electron chi connectivity index (χ3n) is 8.74. The van der Waals surface area contributed by atoms with Crippen molar-refractivity contribution in [2.45, 2.75) is 0 Å². The van der Waals surface area contributed by atoms with E-state index in [0.29, 0.717) is 22.3 Å². The van der Waals surface area contributed by atoms with E-state index in [1.807, 2.05) is 91.0 Å². The molecule has 9 rings (SSSR count). The minimum absolute atomic E-state index is 0.0507. The van der Waals surface area contributed by atoms with E-state index in [4.69, 9.17) is 7.16 Å². The minimum Gasteiger partial charge on any atom is -0.456 e. The maximum absolute atomic E-state index is 9.24. The molecular formula is C44H28O. The maximum atomic E-state index is 9.24. The molecule has 0 saturated heterocycles. The van der Waals surface area contributed by atoms with Crippen molar-refractivity contribution in [2.75, 3.05) is 0 Å². The number of furan rings is 1. The Morgan fingerprint density at radius 2 is 0.800 bits per heavy atom. The van der Waals surface area contributed by atoms with Crippen LogP contribution in [0.25, 0.3) is 88.0 Å². The van der Waals surface area contributed by atoms with Crippen molar-refractivity contribution in [1.82, 2.24) is 0 Å². The summed E-state index contributed by atoms with van der Waals surface area (Å²) >= 11 is 0. The van der Waals surface area contributed by atoms with E-state index in [1.54, 1.807) is 0 Å². The van der Waals surface area contributed by atoms with Crippen molar-refractivity contribution in [3.63, 3.8) is 0 Å². The van der Waals surface area contributed by atoms with Gasteiger partial charge in [0.25, 0.3) is 0 Å². The van der Waals surface area contributed by atoms with Crippen LogP contribution in [0.1, 0.15) is 5.48 Å². The van der Waals surface area contributed by atoms with Gasteiger partial charge in [0.2, 0.25) is 0 Å². The molecule has 0 aliphatic heterocycles. The minimum atomic E-state index is -0.0542. The third kappa shape index (κ3) is 4.24. The third-order valence-corrected chi connectivity index (χ3v) is 8.74. The predicted octanol–water partition coefficient (Wildman–Crippen LogP) is 12.6. The summed E-state index contributed by atoms with van der Waals surface area (Å²) in [5.41, 5.74) is 7.91. The summed E-state index contributed by atoms with van der Waals surface area (Å²) in [5, 5.41) is 5.76. The van der Waals surface area contributed by atoms with E-state index in [-0.39, 0.29) is 24.2 Å². The first-order chi connectivity index (χ1) is 24.0. The van der Waals surface area contributed by atoms with Gasteiger partial charge in [0, 0.05) is 10.8 Å². The van der Waals surface area contributed by atoms with Gasteiger partial charge in [-0.1, -0.05) is 145 Å². The molecule has 1 heteroatoms. The standard InChI is InChI=1S/C44H28O/c1-3-11-29(12-4-1)31-19-21-32(22-20-31)43-36-15-7-9-17-38(36)44(39-18-10-8-16-37(39)43)34-23-25-35-40-27-33(30-13-5-2-6-14-30)24-26-41(40)45-42(35)28-34/h1-28H/i19D,20D,21D,22D. The summed E-state index contributed by atoms with van der Waals surface area (Å²) in [6.45, 7) is 0. The highest BCUT2D eigenvalue weighted by Crippen LogP contribution is 2.45. The van der Waals surface area contributed by atoms with E-state index in [9.17, 15) is 2.74 Å². The van der Waals surface area contributed by atoms with Crippen LogP contribution in [0.4, 0.5) is 0 Å². The summed E-state index contributed by atoms with van der Waals surface area (Å²) in [4.78, 5) is 0. The van der Waals surface area contributed by atoms with Crippen molar-refractivity contribution in [2.24, 2.45) is 0 Å². The summed E-state index contributed by atoms with van der Waals surface area (Å²) < 4.78 is 43.0. The smallest absolute Gasteiger partial charge is 0.136 e. The van der Waals surface area contributed by atoms with Gasteiger partial charge in [-0.25, -0.2) is 0 Å². The van der Waals surface area contributed by atoms with Gasteiger partial charge in [0.15, 0.2) is 0 Å². The molecule has 9 aromatic rings. The fourth-order valence-corrected chi connectivity index (χ4v) is 6.64. The Morgan fingerprint density at radius 1 is 0.311 bits per heavy atom. The number of fused-ring (bicyclic) bond motifs is 5. The molecule has 8 aromatic carbocycles. The van der Waals surface area contributed by atoms with Crippen molar-refractivity contribution in [3.05, 3.63) is 170 Å². The van der Waals surface area contributed by atoms with E-state index < -0.39 is 0 Å². The fraction of sp³-hybridized carbons (Fsp3) is 0. The zero-order valence-corrected chi connectivity index (χ0v) is 24.3. The predicted molar refractivity (Wildman–Crippen MR) is 190 cm³/mol. The summed E-state index contributed by atoms with van der Waals surface area (Å²) in [6, 6.07) is 48.2. The molecule has 0 spiro atoms. The lowest BCUT2D eigenvalue weighted by Gasteiger charge is -2.18. The van der Waals surface area contributed by atoms with E-state index in [2.05, 4.69) is 54.6 Å². The van der Waals surface area contributed by atoms with E-state index >= 15 is 0 Å². The first-order valence-electron chi connectivity index (χ1n) is 17.1. The first-order valence-corrected chi connectivity index (χ1v) is 15.1. The molecule has 0 saturated carbocycles. The van der Waals surface area contributed by atoms with Gasteiger partial charge in [0.05, 0.1) is 5.48 Å². The second-order valence-electron chi connectivity index (χ2n) is 11.3. The number of benzene rings is 8. The number of hydrogen-bond donors (Lipinski definition) is 0. The summed E-state index contributed by atoms with van der Waals surface area (Å²) in [5.74, 6) is 0. The lowest BCUT2D eigenvalue weighted by molar-refractivity contribution is 0.669. The molecule has 0 aliphatic carbocycles. The van der Waals surface area contributed by atoms with Gasteiger partial charge in [-0.2, -0.15) is 0 Å². The highest BCUT2D eigenvalue weighted by atomic mass is 16.3. The SMILES string of the molecule is [2H]c1c([2H])c(-c2c3ccccc3c(-c3ccc4c(c3)oc3ccc(-c5ccccc5)cc34)c3ccccc23)c([2H])c([2H])c1-c1ccccc1. The Hall–Kier alpha value is -5.92. The van der Waals surface area contributed by atoms with Gasteiger partial charge < -0.3 is 4.42 Å². The number of rotatable bonds is 4. The molecular weight excluding hydrogens is 544 g/mol. The molecule has 1 heterocycles. The Kier molecular flexibility index (Phi) is 5.00. The molecule has 0 bridgehead atoms. The van der Waals surface area contributed by atoms with Crippen molar-refractivity contribution < 1.29 is 9.90 Å². The normalized spacial score (nSPS) is 12.8. The van der Waals surface area contributed by atoms with Crippen LogP contribution in [0.2, 0.25) is 0 Å². The molecule has 0 unspecified atom stereocenters. The number of hydrogen-bond acceptors (Lipinski definition) is 1. The molecule has 0 amide bonds. The van der Waals surface area contributed by atoms with Gasteiger partial charge in [-0.3, -0.25) is 0 Å². The van der Waals surface area contributed by atoms with Crippen LogP contribution in [0.3, 0.4) is 0 Å². The Labute approximate surface area is 267 Å². The van der Waals surface area contributed by atoms with Crippen LogP contribution in [0.15, 0.2) is 174 Å². The lowest BCUT2D eigenvalue weighted by atomic mass is 9.85. The van der Waals surface area contributed by atoms with Gasteiger partial charge in [-0.15, -0.1) is 0 Å². The second-order valence-corrected chi connectivity index (χ2v) is 11.3. The molecule has 0 fully saturated rings. The topological polar surface area (TPSA) is 13.1 Å². The second kappa shape index (κ2) is 10.4. The highest BCUT2D eigenvalue weighted by Gasteiger charge is 2.18. The Balaban J connectivity index is 1.29. The quantitative estimate of drug-likeness (QED) is 0.190. The van der Waals surface area contributed by atoms with Crippen molar-refractivity contribution >= 4 is 43.5 Å². The molecule has 1 nitrogen and oxygen atoms in total. The Morgan fingerprint density at radius 3 is 1.40 bits per heavy atom. The maximum Gasteiger partial charge on any atom is 0.136 e. The lowest BCUT2D eigenvalue weighted by Crippen LogP contribution is -1.91. The van der Waals surface area contributed by atoms with Gasteiger partial charge in [0.1, 0.15) is 11.2 Å². The molecule has 45 heavy (non-hydrogen) atoms. The Bertz CT molecular complexity index is 2660. The van der Waals surface area contributed by atoms with E-state index in [0.717, 1.165) is 65.7 Å². The van der Waals surface area contributed by atoms with Crippen molar-refractivity contribution in [3.8, 4) is 44.5 Å². The highest BCUT2D eigenvalue weighted by molar-refractivity contribution is 6.22. The van der Waals surface area contributed by atoms with Gasteiger partial charge in [-0.05, 0) is 90.3 Å². The van der Waals surface area contributed by atoms with Gasteiger partial charge >= 0.3 is 0 Å². The summed E-state index contributed by atoms with van der Waals surface area (Å²) in [6.07, 6.45) is 0. The molecule has 0 aliphatic rings. The zero-order valence-electron chi connectivity index (χ0n) is 28.3. The fourth-order valence-electron chi connectivity index (χ4n) is 6.64. The molecule has 210 valence electrons. The van der Waals surface area contributed by atoms with Crippen molar-refractivity contribution in [1.29, 1.82) is 0 Å². The summed E-state index contributed by atoms with van der Waals surface area (Å²) in [7, 11) is 0. The molecule has 0 radical (unpaired) electrons. The monoisotopic (exact) mass is 576 g/mol. The molecule has 0 atom stereocenters. The average molecular weight is 577 g/mol. The molecule has 1 aromatic heterocycles. The average Bonchev–Trinajstić information content (AvgIpc) is 3.52. The van der Waals surface area contributed by atoms with Crippen LogP contribution in [-0.2, 0) is 0 Å². The van der Waals surface area contributed by atoms with Crippen LogP contribution in [-0.4, -0.2) is 0 Å². The van der Waals surface area contributed by atoms with Crippen LogP contribution < -0.4 is 0 Å². The largest absolute Gasteiger partial charge is 0.456 e. The zero-order chi connectivity index (χ0) is 33.2. The van der Waals surface area contributed by atoms with Crippen LogP contribution in [0.5, 0.6) is 0 Å². The van der Waals surface area contributed by atoms with Crippen LogP contribution in [0, 0.1) is 0 Å². The van der Waals surface area contributed by atoms with E-state index in [1.165, 1.54) is 0 Å². The first kappa shape index (κ1) is 21.7. The van der Waals surface area contributed by atoms with Crippen LogP contribution >= 0.6 is 0 Å². The molecule has 0 N–H and O–H groups in total.